The van der Waals surface area contributed by atoms with Crippen LogP contribution in [0.25, 0.3) is 10.8 Å². The number of benzene rings is 2. The summed E-state index contributed by atoms with van der Waals surface area (Å²) in [6.07, 6.45) is 0. The van der Waals surface area contributed by atoms with Crippen LogP contribution in [0.5, 0.6) is 5.75 Å². The van der Waals surface area contributed by atoms with Gasteiger partial charge in [0.1, 0.15) is 5.75 Å². The molecule has 0 spiro atoms. The van der Waals surface area contributed by atoms with Gasteiger partial charge >= 0.3 is 0 Å². The zero-order valence-corrected chi connectivity index (χ0v) is 6.91. The molecule has 0 saturated heterocycles. The molecule has 0 fully saturated rings. The minimum atomic E-state index is 0.358. The highest BCUT2D eigenvalue weighted by molar-refractivity contribution is 5.88. The van der Waals surface area contributed by atoms with E-state index in [1.54, 1.807) is 6.07 Å². The average molecular weight is 158 g/mol. The van der Waals surface area contributed by atoms with Crippen molar-refractivity contribution in [2.45, 2.75) is 6.92 Å². The number of hydrogen-bond acceptors (Lipinski definition) is 1. The molecule has 0 atom stereocenters. The average Bonchev–Trinajstić information content (AvgIpc) is 2.07. The van der Waals surface area contributed by atoms with Crippen LogP contribution in [-0.2, 0) is 0 Å². The summed E-state index contributed by atoms with van der Waals surface area (Å²) in [5.74, 6) is 0.358. The van der Waals surface area contributed by atoms with Gasteiger partial charge in [-0.2, -0.15) is 0 Å². The summed E-state index contributed by atoms with van der Waals surface area (Å²) in [7, 11) is 0. The maximum absolute atomic E-state index is 9.50. The summed E-state index contributed by atoms with van der Waals surface area (Å²) in [6, 6.07) is 11.6. The van der Waals surface area contributed by atoms with Crippen molar-refractivity contribution in [2.75, 3.05) is 0 Å². The Kier molecular flexibility index (Phi) is 1.51. The lowest BCUT2D eigenvalue weighted by atomic mass is 10.1. The molecule has 0 amide bonds. The second-order valence-corrected chi connectivity index (χ2v) is 3.00. The maximum atomic E-state index is 9.50. The first-order valence-electron chi connectivity index (χ1n) is 3.96. The van der Waals surface area contributed by atoms with Crippen molar-refractivity contribution in [2.24, 2.45) is 0 Å². The molecule has 0 aliphatic rings. The number of aromatic hydroxyl groups is 1. The van der Waals surface area contributed by atoms with Gasteiger partial charge in [0.25, 0.3) is 0 Å². The molecule has 0 heterocycles. The smallest absolute Gasteiger partial charge is 0.123 e. The van der Waals surface area contributed by atoms with Gasteiger partial charge in [0.2, 0.25) is 0 Å². The predicted molar refractivity (Wildman–Crippen MR) is 50.3 cm³/mol. The van der Waals surface area contributed by atoms with Crippen molar-refractivity contribution in [3.05, 3.63) is 42.0 Å². The molecular weight excluding hydrogens is 148 g/mol. The standard InChI is InChI=1S/C11H10O/c1-8-5-6-9-3-2-4-11(12)10(9)7-8/h2-7,12H,1H3. The van der Waals surface area contributed by atoms with E-state index in [-0.39, 0.29) is 0 Å². The highest BCUT2D eigenvalue weighted by atomic mass is 16.3. The van der Waals surface area contributed by atoms with E-state index in [1.165, 1.54) is 5.56 Å². The number of phenolic OH excluding ortho intramolecular Hbond substituents is 1. The molecule has 1 heteroatoms. The lowest BCUT2D eigenvalue weighted by molar-refractivity contribution is 0.481. The minimum absolute atomic E-state index is 0.358. The quantitative estimate of drug-likeness (QED) is 0.625. The van der Waals surface area contributed by atoms with Crippen LogP contribution in [0.15, 0.2) is 36.4 Å². The van der Waals surface area contributed by atoms with Crippen molar-refractivity contribution >= 4 is 10.8 Å². The van der Waals surface area contributed by atoms with Crippen LogP contribution in [0.1, 0.15) is 5.56 Å². The molecule has 0 aliphatic carbocycles. The molecule has 1 nitrogen and oxygen atoms in total. The second-order valence-electron chi connectivity index (χ2n) is 3.00. The molecule has 1 N–H and O–H groups in total. The van der Waals surface area contributed by atoms with Gasteiger partial charge in [-0.25, -0.2) is 0 Å². The third-order valence-corrected chi connectivity index (χ3v) is 2.01. The fraction of sp³-hybridized carbons (Fsp3) is 0.0909. The maximum Gasteiger partial charge on any atom is 0.123 e. The van der Waals surface area contributed by atoms with Crippen molar-refractivity contribution in [3.8, 4) is 5.75 Å². The van der Waals surface area contributed by atoms with Crippen molar-refractivity contribution < 1.29 is 5.11 Å². The van der Waals surface area contributed by atoms with Crippen molar-refractivity contribution in [1.29, 1.82) is 0 Å². The van der Waals surface area contributed by atoms with E-state index in [0.29, 0.717) is 5.75 Å². The zero-order chi connectivity index (χ0) is 8.55. The second kappa shape index (κ2) is 2.52. The molecule has 0 bridgehead atoms. The highest BCUT2D eigenvalue weighted by Gasteiger charge is 1.97. The van der Waals surface area contributed by atoms with Crippen LogP contribution in [0.4, 0.5) is 0 Å². The van der Waals surface area contributed by atoms with Gasteiger partial charge in [0.05, 0.1) is 0 Å². The van der Waals surface area contributed by atoms with E-state index in [9.17, 15) is 5.11 Å². The fourth-order valence-electron chi connectivity index (χ4n) is 1.37. The normalized spacial score (nSPS) is 10.4. The minimum Gasteiger partial charge on any atom is -0.507 e. The molecule has 0 unspecified atom stereocenters. The SMILES string of the molecule is Cc1ccc2cccc(O)c2c1. The summed E-state index contributed by atoms with van der Waals surface area (Å²) in [5.41, 5.74) is 1.17. The van der Waals surface area contributed by atoms with Gasteiger partial charge in [-0.05, 0) is 24.4 Å². The molecule has 60 valence electrons. The number of rotatable bonds is 0. The van der Waals surface area contributed by atoms with Gasteiger partial charge in [-0.1, -0.05) is 29.8 Å². The largest absolute Gasteiger partial charge is 0.507 e. The first kappa shape index (κ1) is 7.17. The van der Waals surface area contributed by atoms with Crippen LogP contribution >= 0.6 is 0 Å². The Morgan fingerprint density at radius 3 is 2.75 bits per heavy atom. The Morgan fingerprint density at radius 1 is 1.08 bits per heavy atom. The molecule has 0 saturated carbocycles. The summed E-state index contributed by atoms with van der Waals surface area (Å²) in [5, 5.41) is 11.5. The fourth-order valence-corrected chi connectivity index (χ4v) is 1.37. The zero-order valence-electron chi connectivity index (χ0n) is 6.91. The topological polar surface area (TPSA) is 20.2 Å². The molecule has 2 aromatic rings. The van der Waals surface area contributed by atoms with Gasteiger partial charge in [-0.15, -0.1) is 0 Å². The first-order chi connectivity index (χ1) is 5.77. The van der Waals surface area contributed by atoms with Crippen LogP contribution in [0, 0.1) is 6.92 Å². The lowest BCUT2D eigenvalue weighted by Crippen LogP contribution is -1.75. The first-order valence-corrected chi connectivity index (χ1v) is 3.96. The number of phenols is 1. The van der Waals surface area contributed by atoms with Gasteiger partial charge < -0.3 is 5.11 Å². The monoisotopic (exact) mass is 158 g/mol. The van der Waals surface area contributed by atoms with Crippen LogP contribution in [-0.4, -0.2) is 5.11 Å². The summed E-state index contributed by atoms with van der Waals surface area (Å²) < 4.78 is 0. The van der Waals surface area contributed by atoms with E-state index in [2.05, 4.69) is 0 Å². The van der Waals surface area contributed by atoms with E-state index in [1.807, 2.05) is 37.3 Å². The third kappa shape index (κ3) is 1.03. The third-order valence-electron chi connectivity index (χ3n) is 2.01. The molecule has 2 rings (SSSR count). The number of aryl methyl sites for hydroxylation is 1. The predicted octanol–water partition coefficient (Wildman–Crippen LogP) is 2.85. The summed E-state index contributed by atoms with van der Waals surface area (Å²) in [6.45, 7) is 2.02. The Labute approximate surface area is 71.3 Å². The van der Waals surface area contributed by atoms with Crippen LogP contribution in [0.3, 0.4) is 0 Å². The number of fused-ring (bicyclic) bond motifs is 1. The van der Waals surface area contributed by atoms with E-state index in [0.717, 1.165) is 10.8 Å². The van der Waals surface area contributed by atoms with E-state index < -0.39 is 0 Å². The molecule has 0 aliphatic heterocycles. The van der Waals surface area contributed by atoms with Gasteiger partial charge in [0, 0.05) is 5.39 Å². The molecule has 0 radical (unpaired) electrons. The van der Waals surface area contributed by atoms with Gasteiger partial charge in [0.15, 0.2) is 0 Å². The molecular formula is C11H10O. The summed E-state index contributed by atoms with van der Waals surface area (Å²) >= 11 is 0. The van der Waals surface area contributed by atoms with Crippen molar-refractivity contribution in [1.82, 2.24) is 0 Å². The lowest BCUT2D eigenvalue weighted by Gasteiger charge is -2.00. The van der Waals surface area contributed by atoms with Crippen LogP contribution in [0.2, 0.25) is 0 Å². The summed E-state index contributed by atoms with van der Waals surface area (Å²) in [4.78, 5) is 0. The number of hydrogen-bond donors (Lipinski definition) is 1. The Bertz CT molecular complexity index is 418. The van der Waals surface area contributed by atoms with Crippen LogP contribution < -0.4 is 0 Å². The van der Waals surface area contributed by atoms with E-state index in [4.69, 9.17) is 0 Å². The molecule has 12 heavy (non-hydrogen) atoms. The Hall–Kier alpha value is -1.50. The van der Waals surface area contributed by atoms with Crippen molar-refractivity contribution in [3.63, 3.8) is 0 Å². The van der Waals surface area contributed by atoms with Gasteiger partial charge in [-0.3, -0.25) is 0 Å². The Balaban J connectivity index is 2.88. The molecule has 0 aromatic heterocycles. The highest BCUT2D eigenvalue weighted by Crippen LogP contribution is 2.24. The van der Waals surface area contributed by atoms with E-state index >= 15 is 0 Å². The Morgan fingerprint density at radius 2 is 1.92 bits per heavy atom. The molecule has 2 aromatic carbocycles.